The van der Waals surface area contributed by atoms with Gasteiger partial charge >= 0.3 is 5.69 Å². The number of hydrogen-bond donors (Lipinski definition) is 2. The topological polar surface area (TPSA) is 104 Å². The van der Waals surface area contributed by atoms with Gasteiger partial charge in [0.25, 0.3) is 5.56 Å². The van der Waals surface area contributed by atoms with Crippen molar-refractivity contribution in [2.75, 3.05) is 35.2 Å². The Hall–Kier alpha value is -3.03. The first-order chi connectivity index (χ1) is 15.5. The first kappa shape index (κ1) is 23.6. The number of aromatic amines is 1. The van der Waals surface area contributed by atoms with E-state index in [1.807, 2.05) is 34.9 Å². The third kappa shape index (κ3) is 5.23. The molecule has 0 saturated heterocycles. The van der Waals surface area contributed by atoms with Crippen LogP contribution >= 0.6 is 0 Å². The lowest BCUT2D eigenvalue weighted by Crippen LogP contribution is -2.40. The van der Waals surface area contributed by atoms with Crippen molar-refractivity contribution in [2.24, 2.45) is 0 Å². The molecule has 0 aliphatic carbocycles. The van der Waals surface area contributed by atoms with Crippen molar-refractivity contribution in [3.63, 3.8) is 0 Å². The first-order valence-corrected chi connectivity index (χ1v) is 11.7. The van der Waals surface area contributed by atoms with E-state index in [4.69, 9.17) is 5.73 Å². The van der Waals surface area contributed by atoms with E-state index in [0.717, 1.165) is 44.2 Å². The highest BCUT2D eigenvalue weighted by atomic mass is 16.2. The second kappa shape index (κ2) is 11.0. The summed E-state index contributed by atoms with van der Waals surface area (Å²) in [6, 6.07) is 7.97. The Morgan fingerprint density at radius 1 is 1.09 bits per heavy atom. The number of para-hydroxylation sites is 1. The smallest absolute Gasteiger partial charge is 0.330 e. The number of nitrogens with two attached hydrogens (primary N) is 1. The van der Waals surface area contributed by atoms with E-state index >= 15 is 0 Å². The minimum absolute atomic E-state index is 0.0322. The molecule has 174 valence electrons. The molecule has 0 spiro atoms. The minimum atomic E-state index is -0.490. The van der Waals surface area contributed by atoms with Crippen LogP contribution in [0.2, 0.25) is 0 Å². The lowest BCUT2D eigenvalue weighted by Gasteiger charge is -2.27. The fourth-order valence-electron chi connectivity index (χ4n) is 4.27. The van der Waals surface area contributed by atoms with E-state index in [0.29, 0.717) is 31.9 Å². The van der Waals surface area contributed by atoms with Crippen LogP contribution in [-0.2, 0) is 17.8 Å². The number of aromatic nitrogens is 2. The predicted octanol–water partition coefficient (Wildman–Crippen LogP) is 2.89. The van der Waals surface area contributed by atoms with Gasteiger partial charge in [0.2, 0.25) is 5.91 Å². The zero-order chi connectivity index (χ0) is 23.1. The summed E-state index contributed by atoms with van der Waals surface area (Å²) in [6.45, 7) is 6.27. The zero-order valence-corrected chi connectivity index (χ0v) is 19.2. The van der Waals surface area contributed by atoms with E-state index in [2.05, 4.69) is 18.0 Å². The normalized spacial score (nSPS) is 12.8. The van der Waals surface area contributed by atoms with Crippen LogP contribution in [0.1, 0.15) is 57.9 Å². The van der Waals surface area contributed by atoms with Gasteiger partial charge in [0.15, 0.2) is 0 Å². The van der Waals surface area contributed by atoms with Crippen LogP contribution in [-0.4, -0.2) is 35.1 Å². The molecule has 0 atom stereocenters. The average Bonchev–Trinajstić information content (AvgIpc) is 3.21. The van der Waals surface area contributed by atoms with Gasteiger partial charge in [0.1, 0.15) is 11.5 Å². The Kier molecular flexibility index (Phi) is 8.14. The lowest BCUT2D eigenvalue weighted by atomic mass is 10.2. The van der Waals surface area contributed by atoms with Gasteiger partial charge in [-0.3, -0.25) is 19.1 Å². The number of amides is 1. The number of carbonyl (C=O) groups excluding carboxylic acids is 1. The van der Waals surface area contributed by atoms with Crippen molar-refractivity contribution in [1.82, 2.24) is 9.55 Å². The molecule has 1 aromatic carbocycles. The van der Waals surface area contributed by atoms with Gasteiger partial charge in [-0.05, 0) is 30.9 Å². The van der Waals surface area contributed by atoms with Crippen molar-refractivity contribution in [3.05, 3.63) is 50.7 Å². The monoisotopic (exact) mass is 441 g/mol. The molecule has 1 amide bonds. The second-order valence-corrected chi connectivity index (χ2v) is 8.37. The molecule has 0 bridgehead atoms. The molecular weight excluding hydrogens is 406 g/mol. The number of anilines is 3. The SMILES string of the molecule is CCCCCN(CCC(=O)N1CCc2ccccc21)c1c(N)n(CCCC)c(=O)[nH]c1=O. The summed E-state index contributed by atoms with van der Waals surface area (Å²) in [5.74, 6) is 0.215. The molecule has 1 aromatic heterocycles. The number of H-pyrrole nitrogens is 1. The zero-order valence-electron chi connectivity index (χ0n) is 19.2. The number of fused-ring (bicyclic) bond motifs is 1. The van der Waals surface area contributed by atoms with Crippen LogP contribution in [0.25, 0.3) is 0 Å². The van der Waals surface area contributed by atoms with Crippen LogP contribution < -0.4 is 26.8 Å². The van der Waals surface area contributed by atoms with Crippen molar-refractivity contribution in [2.45, 2.75) is 65.3 Å². The van der Waals surface area contributed by atoms with Gasteiger partial charge in [-0.1, -0.05) is 51.3 Å². The van der Waals surface area contributed by atoms with E-state index in [9.17, 15) is 14.4 Å². The number of nitrogens with zero attached hydrogens (tertiary/aromatic N) is 3. The Morgan fingerprint density at radius 2 is 1.84 bits per heavy atom. The van der Waals surface area contributed by atoms with Crippen LogP contribution in [0.3, 0.4) is 0 Å². The van der Waals surface area contributed by atoms with Crippen molar-refractivity contribution in [3.8, 4) is 0 Å². The van der Waals surface area contributed by atoms with Gasteiger partial charge in [-0.2, -0.15) is 0 Å². The maximum atomic E-state index is 13.0. The standard InChI is InChI=1S/C24H35N5O3/c1-3-5-9-14-27(21-22(25)29(15-6-4-2)24(32)26-23(21)31)16-13-20(30)28-17-12-18-10-7-8-11-19(18)28/h7-8,10-11H,3-6,9,12-17,25H2,1-2H3,(H,26,31,32). The van der Waals surface area contributed by atoms with Crippen molar-refractivity contribution < 1.29 is 4.79 Å². The summed E-state index contributed by atoms with van der Waals surface area (Å²) in [4.78, 5) is 44.2. The fourth-order valence-corrected chi connectivity index (χ4v) is 4.27. The Morgan fingerprint density at radius 3 is 2.59 bits per heavy atom. The van der Waals surface area contributed by atoms with E-state index < -0.39 is 11.2 Å². The second-order valence-electron chi connectivity index (χ2n) is 8.37. The molecule has 32 heavy (non-hydrogen) atoms. The van der Waals surface area contributed by atoms with Gasteiger partial charge < -0.3 is 15.5 Å². The minimum Gasteiger partial charge on any atom is -0.383 e. The van der Waals surface area contributed by atoms with Gasteiger partial charge in [-0.25, -0.2) is 4.79 Å². The van der Waals surface area contributed by atoms with Gasteiger partial charge in [-0.15, -0.1) is 0 Å². The largest absolute Gasteiger partial charge is 0.383 e. The number of hydrogen-bond acceptors (Lipinski definition) is 5. The highest BCUT2D eigenvalue weighted by Crippen LogP contribution is 2.28. The van der Waals surface area contributed by atoms with Crippen LogP contribution in [0.4, 0.5) is 17.2 Å². The Balaban J connectivity index is 1.82. The number of nitrogen functional groups attached to an aromatic ring is 1. The van der Waals surface area contributed by atoms with E-state index in [1.54, 1.807) is 0 Å². The van der Waals surface area contributed by atoms with Crippen LogP contribution in [0, 0.1) is 0 Å². The Labute approximate surface area is 189 Å². The number of benzene rings is 1. The average molecular weight is 442 g/mol. The highest BCUT2D eigenvalue weighted by molar-refractivity contribution is 5.95. The molecule has 8 heteroatoms. The third-order valence-electron chi connectivity index (χ3n) is 6.08. The molecule has 3 rings (SSSR count). The fraction of sp³-hybridized carbons (Fsp3) is 0.542. The van der Waals surface area contributed by atoms with Crippen LogP contribution in [0.15, 0.2) is 33.9 Å². The lowest BCUT2D eigenvalue weighted by molar-refractivity contribution is -0.118. The van der Waals surface area contributed by atoms with Crippen LogP contribution in [0.5, 0.6) is 0 Å². The molecule has 0 fully saturated rings. The number of unbranched alkanes of at least 4 members (excludes halogenated alkanes) is 3. The molecular formula is C24H35N5O3. The first-order valence-electron chi connectivity index (χ1n) is 11.7. The molecule has 8 nitrogen and oxygen atoms in total. The molecule has 1 aliphatic rings. The van der Waals surface area contributed by atoms with Crippen molar-refractivity contribution >= 4 is 23.1 Å². The maximum absolute atomic E-state index is 13.0. The van der Waals surface area contributed by atoms with Crippen molar-refractivity contribution in [1.29, 1.82) is 0 Å². The molecule has 1 aliphatic heterocycles. The molecule has 0 saturated carbocycles. The van der Waals surface area contributed by atoms with E-state index in [-0.39, 0.29) is 18.1 Å². The van der Waals surface area contributed by atoms with Gasteiger partial charge in [0.05, 0.1) is 0 Å². The molecule has 3 N–H and O–H groups in total. The molecule has 0 radical (unpaired) electrons. The Bertz CT molecular complexity index is 1040. The predicted molar refractivity (Wildman–Crippen MR) is 129 cm³/mol. The number of nitrogens with one attached hydrogen (secondary N) is 1. The highest BCUT2D eigenvalue weighted by Gasteiger charge is 2.25. The number of rotatable bonds is 11. The number of carbonyl (C=O) groups is 1. The molecule has 0 unspecified atom stereocenters. The van der Waals surface area contributed by atoms with E-state index in [1.165, 1.54) is 10.1 Å². The third-order valence-corrected chi connectivity index (χ3v) is 6.08. The maximum Gasteiger partial charge on any atom is 0.330 e. The quantitative estimate of drug-likeness (QED) is 0.522. The molecule has 2 heterocycles. The summed E-state index contributed by atoms with van der Waals surface area (Å²) in [5, 5.41) is 0. The summed E-state index contributed by atoms with van der Waals surface area (Å²) in [5.41, 5.74) is 7.81. The summed E-state index contributed by atoms with van der Waals surface area (Å²) in [7, 11) is 0. The van der Waals surface area contributed by atoms with Gasteiger partial charge in [0, 0.05) is 38.3 Å². The summed E-state index contributed by atoms with van der Waals surface area (Å²) in [6.07, 6.45) is 5.76. The molecule has 2 aromatic rings. The summed E-state index contributed by atoms with van der Waals surface area (Å²) < 4.78 is 1.44. The summed E-state index contributed by atoms with van der Waals surface area (Å²) >= 11 is 0.